The van der Waals surface area contributed by atoms with Crippen molar-refractivity contribution in [1.29, 1.82) is 0 Å². The SMILES string of the molecule is COC(=O)CC1(C)CCC2(OC(CC(C)=O)C3C(C)(C)CCC[C@@]32C)O1. The molecular formula is C21H34O5. The van der Waals surface area contributed by atoms with Gasteiger partial charge in [0.2, 0.25) is 0 Å². The molecule has 3 aliphatic rings. The predicted octanol–water partition coefficient (Wildman–Crippen LogP) is 4.03. The molecule has 0 amide bonds. The summed E-state index contributed by atoms with van der Waals surface area (Å²) in [7, 11) is 1.41. The number of Topliss-reactive ketones (excluding diaryl/α,β-unsaturated/α-hetero) is 1. The van der Waals surface area contributed by atoms with Crippen LogP contribution in [0.25, 0.3) is 0 Å². The zero-order chi connectivity index (χ0) is 19.4. The van der Waals surface area contributed by atoms with Gasteiger partial charge in [0.05, 0.1) is 25.2 Å². The summed E-state index contributed by atoms with van der Waals surface area (Å²) in [5, 5.41) is 0. The van der Waals surface area contributed by atoms with Crippen LogP contribution in [0.5, 0.6) is 0 Å². The number of hydrogen-bond acceptors (Lipinski definition) is 5. The van der Waals surface area contributed by atoms with Gasteiger partial charge in [0.1, 0.15) is 5.78 Å². The Morgan fingerprint density at radius 2 is 1.77 bits per heavy atom. The first-order valence-electron chi connectivity index (χ1n) is 9.91. The van der Waals surface area contributed by atoms with E-state index in [1.165, 1.54) is 7.11 Å². The number of esters is 1. The molecule has 0 N–H and O–H groups in total. The van der Waals surface area contributed by atoms with E-state index >= 15 is 0 Å². The van der Waals surface area contributed by atoms with Crippen molar-refractivity contribution >= 4 is 11.8 Å². The number of rotatable bonds is 4. The average molecular weight is 366 g/mol. The number of methoxy groups -OCH3 is 1. The lowest BCUT2D eigenvalue weighted by molar-refractivity contribution is -0.280. The fourth-order valence-electron chi connectivity index (χ4n) is 6.23. The van der Waals surface area contributed by atoms with E-state index in [4.69, 9.17) is 14.2 Å². The van der Waals surface area contributed by atoms with Crippen LogP contribution in [0.2, 0.25) is 0 Å². The van der Waals surface area contributed by atoms with E-state index in [1.54, 1.807) is 6.92 Å². The molecular weight excluding hydrogens is 332 g/mol. The van der Waals surface area contributed by atoms with Gasteiger partial charge in [-0.15, -0.1) is 0 Å². The van der Waals surface area contributed by atoms with E-state index in [-0.39, 0.29) is 41.0 Å². The molecule has 3 rings (SSSR count). The molecule has 0 aromatic carbocycles. The number of hydrogen-bond donors (Lipinski definition) is 0. The van der Waals surface area contributed by atoms with Gasteiger partial charge in [-0.25, -0.2) is 0 Å². The molecule has 1 spiro atoms. The minimum Gasteiger partial charge on any atom is -0.469 e. The Balaban J connectivity index is 1.95. The minimum atomic E-state index is -0.710. The molecule has 0 bridgehead atoms. The Hall–Kier alpha value is -0.940. The minimum absolute atomic E-state index is 0.0985. The normalized spacial score (nSPS) is 44.1. The Morgan fingerprint density at radius 3 is 2.38 bits per heavy atom. The molecule has 5 atom stereocenters. The molecule has 26 heavy (non-hydrogen) atoms. The average Bonchev–Trinajstić information content (AvgIpc) is 2.94. The van der Waals surface area contributed by atoms with Crippen molar-refractivity contribution in [2.75, 3.05) is 7.11 Å². The fraction of sp³-hybridized carbons (Fsp3) is 0.905. The molecule has 5 heteroatoms. The molecule has 0 radical (unpaired) electrons. The molecule has 1 saturated carbocycles. The first-order chi connectivity index (χ1) is 12.0. The van der Waals surface area contributed by atoms with Crippen LogP contribution in [0, 0.1) is 16.7 Å². The monoisotopic (exact) mass is 366 g/mol. The van der Waals surface area contributed by atoms with E-state index in [0.29, 0.717) is 6.42 Å². The summed E-state index contributed by atoms with van der Waals surface area (Å²) in [5.74, 6) is -0.536. The molecule has 2 aliphatic heterocycles. The van der Waals surface area contributed by atoms with Gasteiger partial charge in [-0.3, -0.25) is 9.59 Å². The summed E-state index contributed by atoms with van der Waals surface area (Å²) in [6, 6.07) is 0. The van der Waals surface area contributed by atoms with Crippen LogP contribution >= 0.6 is 0 Å². The van der Waals surface area contributed by atoms with Crippen molar-refractivity contribution in [1.82, 2.24) is 0 Å². The Labute approximate surface area is 157 Å². The van der Waals surface area contributed by atoms with Crippen molar-refractivity contribution in [2.45, 2.75) is 97.1 Å². The molecule has 2 heterocycles. The van der Waals surface area contributed by atoms with Crippen molar-refractivity contribution in [2.24, 2.45) is 16.7 Å². The molecule has 3 fully saturated rings. The van der Waals surface area contributed by atoms with Crippen LogP contribution in [-0.4, -0.2) is 36.4 Å². The lowest BCUT2D eigenvalue weighted by Crippen LogP contribution is -2.52. The second kappa shape index (κ2) is 6.30. The zero-order valence-corrected chi connectivity index (χ0v) is 17.1. The maximum atomic E-state index is 11.9. The van der Waals surface area contributed by atoms with E-state index in [2.05, 4.69) is 20.8 Å². The molecule has 148 valence electrons. The van der Waals surface area contributed by atoms with E-state index in [1.807, 2.05) is 6.92 Å². The highest BCUT2D eigenvalue weighted by Gasteiger charge is 2.70. The predicted molar refractivity (Wildman–Crippen MR) is 97.5 cm³/mol. The second-order valence-electron chi connectivity index (χ2n) is 9.86. The number of fused-ring (bicyclic) bond motifs is 2. The Bertz CT molecular complexity index is 599. The zero-order valence-electron chi connectivity index (χ0n) is 17.1. The van der Waals surface area contributed by atoms with Gasteiger partial charge in [0.25, 0.3) is 0 Å². The second-order valence-corrected chi connectivity index (χ2v) is 9.86. The van der Waals surface area contributed by atoms with E-state index < -0.39 is 11.4 Å². The van der Waals surface area contributed by atoms with Gasteiger partial charge in [-0.05, 0) is 38.5 Å². The van der Waals surface area contributed by atoms with E-state index in [0.717, 1.165) is 32.1 Å². The molecule has 5 nitrogen and oxygen atoms in total. The summed E-state index contributed by atoms with van der Waals surface area (Å²) < 4.78 is 18.1. The van der Waals surface area contributed by atoms with Crippen LogP contribution in [-0.2, 0) is 23.8 Å². The van der Waals surface area contributed by atoms with Crippen molar-refractivity contribution in [3.05, 3.63) is 0 Å². The third kappa shape index (κ3) is 3.01. The highest BCUT2D eigenvalue weighted by Crippen LogP contribution is 2.68. The highest BCUT2D eigenvalue weighted by molar-refractivity contribution is 5.76. The number of carbonyl (C=O) groups excluding carboxylic acids is 2. The van der Waals surface area contributed by atoms with Gasteiger partial charge in [0.15, 0.2) is 5.79 Å². The first-order valence-corrected chi connectivity index (χ1v) is 9.91. The van der Waals surface area contributed by atoms with Gasteiger partial charge in [-0.2, -0.15) is 0 Å². The third-order valence-electron chi connectivity index (χ3n) is 7.26. The summed E-state index contributed by atoms with van der Waals surface area (Å²) in [4.78, 5) is 23.8. The number of ketones is 1. The molecule has 0 aromatic rings. The Kier molecular flexibility index (Phi) is 4.80. The maximum absolute atomic E-state index is 11.9. The smallest absolute Gasteiger partial charge is 0.308 e. The van der Waals surface area contributed by atoms with Gasteiger partial charge in [0, 0.05) is 24.2 Å². The van der Waals surface area contributed by atoms with Gasteiger partial charge < -0.3 is 14.2 Å². The Morgan fingerprint density at radius 1 is 1.08 bits per heavy atom. The first kappa shape index (κ1) is 19.8. The van der Waals surface area contributed by atoms with Crippen molar-refractivity contribution < 1.29 is 23.8 Å². The highest BCUT2D eigenvalue weighted by atomic mass is 16.7. The summed E-state index contributed by atoms with van der Waals surface area (Å²) in [6.07, 6.45) is 5.38. The van der Waals surface area contributed by atoms with Crippen molar-refractivity contribution in [3.63, 3.8) is 0 Å². The fourth-order valence-corrected chi connectivity index (χ4v) is 6.23. The van der Waals surface area contributed by atoms with Gasteiger partial charge >= 0.3 is 5.97 Å². The van der Waals surface area contributed by atoms with Crippen molar-refractivity contribution in [3.8, 4) is 0 Å². The molecule has 4 unspecified atom stereocenters. The summed E-state index contributed by atoms with van der Waals surface area (Å²) in [6.45, 7) is 10.5. The van der Waals surface area contributed by atoms with Crippen LogP contribution < -0.4 is 0 Å². The van der Waals surface area contributed by atoms with Crippen LogP contribution in [0.3, 0.4) is 0 Å². The number of ether oxygens (including phenoxy) is 3. The molecule has 2 saturated heterocycles. The van der Waals surface area contributed by atoms with Crippen LogP contribution in [0.15, 0.2) is 0 Å². The molecule has 1 aliphatic carbocycles. The standard InChI is InChI=1S/C21H34O5/c1-14(22)12-15-17-18(2,3)8-7-9-20(17,5)21(25-15)11-10-19(4,26-21)13-16(23)24-6/h15,17H,7-13H2,1-6H3/t15?,17?,19?,20-,21?/m0/s1. The summed E-state index contributed by atoms with van der Waals surface area (Å²) >= 11 is 0. The quantitative estimate of drug-likeness (QED) is 0.703. The third-order valence-corrected chi connectivity index (χ3v) is 7.26. The van der Waals surface area contributed by atoms with Crippen LogP contribution in [0.1, 0.15) is 79.6 Å². The topological polar surface area (TPSA) is 61.8 Å². The van der Waals surface area contributed by atoms with Crippen LogP contribution in [0.4, 0.5) is 0 Å². The largest absolute Gasteiger partial charge is 0.469 e. The number of carbonyl (C=O) groups is 2. The van der Waals surface area contributed by atoms with E-state index in [9.17, 15) is 9.59 Å². The lowest BCUT2D eigenvalue weighted by Gasteiger charge is -2.51. The summed E-state index contributed by atoms with van der Waals surface area (Å²) in [5.41, 5.74) is -0.628. The lowest BCUT2D eigenvalue weighted by atomic mass is 9.53. The maximum Gasteiger partial charge on any atom is 0.308 e. The molecule has 0 aromatic heterocycles. The van der Waals surface area contributed by atoms with Gasteiger partial charge in [-0.1, -0.05) is 27.2 Å².